The van der Waals surface area contributed by atoms with Crippen molar-refractivity contribution in [2.45, 2.75) is 26.4 Å². The summed E-state index contributed by atoms with van der Waals surface area (Å²) in [6.45, 7) is 4.62. The highest BCUT2D eigenvalue weighted by Crippen LogP contribution is 2.23. The molecule has 142 valence electrons. The first-order valence-electron chi connectivity index (χ1n) is 8.81. The lowest BCUT2D eigenvalue weighted by molar-refractivity contribution is 0.0908. The van der Waals surface area contributed by atoms with E-state index in [9.17, 15) is 4.79 Å². The van der Waals surface area contributed by atoms with Crippen LogP contribution >= 0.6 is 0 Å². The SMILES string of the molecule is COc1cccc(-c2cc(C(=O)NC(Cn3nccn3)C(C)C)n(C)n2)c1. The fourth-order valence-electron chi connectivity index (χ4n) is 2.78. The van der Waals surface area contributed by atoms with Crippen LogP contribution in [0.15, 0.2) is 42.7 Å². The number of rotatable bonds is 7. The molecule has 3 aromatic rings. The van der Waals surface area contributed by atoms with Crippen molar-refractivity contribution in [3.63, 3.8) is 0 Å². The Morgan fingerprint density at radius 2 is 1.96 bits per heavy atom. The molecule has 1 atom stereocenters. The van der Waals surface area contributed by atoms with Crippen molar-refractivity contribution in [1.82, 2.24) is 30.1 Å². The van der Waals surface area contributed by atoms with Crippen molar-refractivity contribution in [1.29, 1.82) is 0 Å². The zero-order chi connectivity index (χ0) is 19.4. The summed E-state index contributed by atoms with van der Waals surface area (Å²) in [5.74, 6) is 0.798. The minimum absolute atomic E-state index is 0.0972. The third kappa shape index (κ3) is 4.33. The number of hydrogen-bond donors (Lipinski definition) is 1. The number of ether oxygens (including phenoxy) is 1. The lowest BCUT2D eigenvalue weighted by Crippen LogP contribution is -2.42. The van der Waals surface area contributed by atoms with Gasteiger partial charge in [-0.2, -0.15) is 20.1 Å². The third-order valence-electron chi connectivity index (χ3n) is 4.43. The van der Waals surface area contributed by atoms with Crippen LogP contribution in [0, 0.1) is 5.92 Å². The van der Waals surface area contributed by atoms with E-state index < -0.39 is 0 Å². The summed E-state index contributed by atoms with van der Waals surface area (Å²) >= 11 is 0. The van der Waals surface area contributed by atoms with Crippen LogP contribution < -0.4 is 10.1 Å². The molecule has 0 fully saturated rings. The summed E-state index contributed by atoms with van der Waals surface area (Å²) in [5, 5.41) is 15.8. The van der Waals surface area contributed by atoms with Gasteiger partial charge < -0.3 is 10.1 Å². The molecule has 0 saturated heterocycles. The predicted octanol–water partition coefficient (Wildman–Crippen LogP) is 2.14. The Morgan fingerprint density at radius 1 is 1.22 bits per heavy atom. The summed E-state index contributed by atoms with van der Waals surface area (Å²) in [6.07, 6.45) is 3.25. The maximum absolute atomic E-state index is 12.8. The standard InChI is InChI=1S/C19H24N6O2/c1-13(2)17(12-25-20-8-9-21-25)22-19(26)18-11-16(23-24(18)3)14-6-5-7-15(10-14)27-4/h5-11,13,17H,12H2,1-4H3,(H,22,26). The Balaban J connectivity index is 1.78. The molecule has 2 aromatic heterocycles. The number of aryl methyl sites for hydroxylation is 1. The molecule has 1 N–H and O–H groups in total. The number of methoxy groups -OCH3 is 1. The van der Waals surface area contributed by atoms with Gasteiger partial charge in [-0.15, -0.1) is 0 Å². The number of carbonyl (C=O) groups excluding carboxylic acids is 1. The highest BCUT2D eigenvalue weighted by Gasteiger charge is 2.21. The van der Waals surface area contributed by atoms with Crippen LogP contribution in [-0.2, 0) is 13.6 Å². The summed E-state index contributed by atoms with van der Waals surface area (Å²) in [7, 11) is 3.38. The van der Waals surface area contributed by atoms with E-state index in [2.05, 4.69) is 34.5 Å². The van der Waals surface area contributed by atoms with E-state index >= 15 is 0 Å². The van der Waals surface area contributed by atoms with Gasteiger partial charge in [0.2, 0.25) is 0 Å². The molecule has 0 aliphatic carbocycles. The van der Waals surface area contributed by atoms with Crippen LogP contribution in [0.4, 0.5) is 0 Å². The van der Waals surface area contributed by atoms with Gasteiger partial charge in [-0.1, -0.05) is 26.0 Å². The Kier molecular flexibility index (Phi) is 5.54. The van der Waals surface area contributed by atoms with E-state index in [0.29, 0.717) is 12.2 Å². The molecule has 1 aromatic carbocycles. The minimum atomic E-state index is -0.176. The van der Waals surface area contributed by atoms with Crippen LogP contribution in [0.25, 0.3) is 11.3 Å². The molecule has 3 rings (SSSR count). The summed E-state index contributed by atoms with van der Waals surface area (Å²) in [5.41, 5.74) is 2.11. The number of amides is 1. The van der Waals surface area contributed by atoms with Crippen molar-refractivity contribution in [3.05, 3.63) is 48.4 Å². The van der Waals surface area contributed by atoms with Gasteiger partial charge in [0.15, 0.2) is 0 Å². The molecule has 0 radical (unpaired) electrons. The van der Waals surface area contributed by atoms with Gasteiger partial charge in [0.25, 0.3) is 5.91 Å². The maximum Gasteiger partial charge on any atom is 0.269 e. The fourth-order valence-corrected chi connectivity index (χ4v) is 2.78. The Labute approximate surface area is 158 Å². The van der Waals surface area contributed by atoms with Gasteiger partial charge in [0, 0.05) is 12.6 Å². The van der Waals surface area contributed by atoms with E-state index in [1.807, 2.05) is 24.3 Å². The number of hydrogen-bond acceptors (Lipinski definition) is 5. The second-order valence-electron chi connectivity index (χ2n) is 6.68. The van der Waals surface area contributed by atoms with E-state index in [4.69, 9.17) is 4.74 Å². The summed E-state index contributed by atoms with van der Waals surface area (Å²) in [6, 6.07) is 9.29. The lowest BCUT2D eigenvalue weighted by atomic mass is 10.0. The molecule has 1 amide bonds. The minimum Gasteiger partial charge on any atom is -0.497 e. The molecular formula is C19H24N6O2. The van der Waals surface area contributed by atoms with Gasteiger partial charge in [-0.3, -0.25) is 9.48 Å². The Morgan fingerprint density at radius 3 is 2.63 bits per heavy atom. The molecule has 0 aliphatic rings. The largest absolute Gasteiger partial charge is 0.497 e. The van der Waals surface area contributed by atoms with E-state index in [1.165, 1.54) is 0 Å². The van der Waals surface area contributed by atoms with Gasteiger partial charge in [0.1, 0.15) is 11.4 Å². The van der Waals surface area contributed by atoms with E-state index in [-0.39, 0.29) is 17.9 Å². The zero-order valence-electron chi connectivity index (χ0n) is 16.0. The molecule has 0 bridgehead atoms. The van der Waals surface area contributed by atoms with Crippen LogP contribution in [0.5, 0.6) is 5.75 Å². The van der Waals surface area contributed by atoms with E-state index in [1.54, 1.807) is 42.1 Å². The van der Waals surface area contributed by atoms with Crippen molar-refractivity contribution >= 4 is 5.91 Å². The van der Waals surface area contributed by atoms with Gasteiger partial charge in [-0.05, 0) is 24.1 Å². The first-order valence-corrected chi connectivity index (χ1v) is 8.81. The van der Waals surface area contributed by atoms with E-state index in [0.717, 1.165) is 17.0 Å². The van der Waals surface area contributed by atoms with Gasteiger partial charge in [-0.25, -0.2) is 0 Å². The van der Waals surface area contributed by atoms with Crippen LogP contribution in [-0.4, -0.2) is 43.8 Å². The topological polar surface area (TPSA) is 86.9 Å². The fraction of sp³-hybridized carbons (Fsp3) is 0.368. The number of benzene rings is 1. The molecule has 0 saturated carbocycles. The highest BCUT2D eigenvalue weighted by atomic mass is 16.5. The Hall–Kier alpha value is -3.16. The molecule has 8 heteroatoms. The zero-order valence-corrected chi connectivity index (χ0v) is 16.0. The number of nitrogens with one attached hydrogen (secondary N) is 1. The number of carbonyl (C=O) groups is 1. The first kappa shape index (κ1) is 18.6. The second-order valence-corrected chi connectivity index (χ2v) is 6.68. The molecule has 2 heterocycles. The first-order chi connectivity index (χ1) is 13.0. The normalized spacial score (nSPS) is 12.2. The smallest absolute Gasteiger partial charge is 0.269 e. The summed E-state index contributed by atoms with van der Waals surface area (Å²) in [4.78, 5) is 14.4. The lowest BCUT2D eigenvalue weighted by Gasteiger charge is -2.21. The van der Waals surface area contributed by atoms with Crippen LogP contribution in [0.3, 0.4) is 0 Å². The second kappa shape index (κ2) is 8.03. The monoisotopic (exact) mass is 368 g/mol. The van der Waals surface area contributed by atoms with Gasteiger partial charge in [0.05, 0.1) is 37.8 Å². The molecule has 1 unspecified atom stereocenters. The predicted molar refractivity (Wildman–Crippen MR) is 101 cm³/mol. The molecule has 27 heavy (non-hydrogen) atoms. The Bertz CT molecular complexity index is 901. The molecule has 0 aliphatic heterocycles. The summed E-state index contributed by atoms with van der Waals surface area (Å²) < 4.78 is 6.85. The van der Waals surface area contributed by atoms with Crippen molar-refractivity contribution in [2.24, 2.45) is 13.0 Å². The molecule has 0 spiro atoms. The third-order valence-corrected chi connectivity index (χ3v) is 4.43. The van der Waals surface area contributed by atoms with Crippen molar-refractivity contribution in [3.8, 4) is 17.0 Å². The number of nitrogens with zero attached hydrogens (tertiary/aromatic N) is 5. The average molecular weight is 368 g/mol. The maximum atomic E-state index is 12.8. The number of aromatic nitrogens is 5. The van der Waals surface area contributed by atoms with Crippen molar-refractivity contribution < 1.29 is 9.53 Å². The molecule has 8 nitrogen and oxygen atoms in total. The van der Waals surface area contributed by atoms with Crippen molar-refractivity contribution in [2.75, 3.05) is 7.11 Å². The quantitative estimate of drug-likeness (QED) is 0.690. The molecular weight excluding hydrogens is 344 g/mol. The average Bonchev–Trinajstić information content (AvgIpc) is 3.30. The van der Waals surface area contributed by atoms with Crippen LogP contribution in [0.2, 0.25) is 0 Å². The highest BCUT2D eigenvalue weighted by molar-refractivity contribution is 5.94. The van der Waals surface area contributed by atoms with Crippen LogP contribution in [0.1, 0.15) is 24.3 Å². The van der Waals surface area contributed by atoms with Gasteiger partial charge >= 0.3 is 0 Å².